The standard InChI is InChI=1S/C36H42F4O/c1-3-5-6-7-8-9-10-11-13-27-19-21-30(34(38)33(27)37)25-14-16-26(17-15-25)31-22-23-32(36(40)35(31)39)28-18-20-29(12-4-2)41-24-28/h4,12,14-17,19,21-23,28-29H,3,5-11,13,18,20,24H2,1-2H3. The lowest BCUT2D eigenvalue weighted by Gasteiger charge is -2.28. The number of hydrogen-bond donors (Lipinski definition) is 0. The van der Waals surface area contributed by atoms with Crippen LogP contribution in [0.4, 0.5) is 17.6 Å². The molecule has 2 atom stereocenters. The summed E-state index contributed by atoms with van der Waals surface area (Å²) < 4.78 is 66.0. The van der Waals surface area contributed by atoms with Crippen LogP contribution in [-0.4, -0.2) is 12.7 Å². The number of rotatable bonds is 13. The minimum Gasteiger partial charge on any atom is -0.374 e. The van der Waals surface area contributed by atoms with Crippen molar-refractivity contribution >= 4 is 0 Å². The highest BCUT2D eigenvalue weighted by molar-refractivity contribution is 5.71. The molecule has 5 heteroatoms. The van der Waals surface area contributed by atoms with Gasteiger partial charge in [0.1, 0.15) is 0 Å². The van der Waals surface area contributed by atoms with Gasteiger partial charge in [-0.1, -0.05) is 113 Å². The Morgan fingerprint density at radius 1 is 0.683 bits per heavy atom. The Morgan fingerprint density at radius 3 is 1.85 bits per heavy atom. The van der Waals surface area contributed by atoms with Crippen molar-refractivity contribution in [3.8, 4) is 22.3 Å². The Balaban J connectivity index is 1.39. The molecular weight excluding hydrogens is 524 g/mol. The summed E-state index contributed by atoms with van der Waals surface area (Å²) in [5, 5.41) is 0. The van der Waals surface area contributed by atoms with Gasteiger partial charge in [0.25, 0.3) is 0 Å². The lowest BCUT2D eigenvalue weighted by molar-refractivity contribution is 0.0317. The minimum absolute atomic E-state index is 0.0198. The van der Waals surface area contributed by atoms with Gasteiger partial charge in [0.15, 0.2) is 23.3 Å². The average Bonchev–Trinajstić information content (AvgIpc) is 2.99. The lowest BCUT2D eigenvalue weighted by Crippen LogP contribution is -2.24. The van der Waals surface area contributed by atoms with E-state index in [2.05, 4.69) is 6.92 Å². The Bertz CT molecular complexity index is 1290. The molecule has 1 aliphatic heterocycles. The number of halogens is 4. The molecule has 1 nitrogen and oxygen atoms in total. The number of ether oxygens (including phenoxy) is 1. The van der Waals surface area contributed by atoms with Crippen molar-refractivity contribution in [2.45, 2.75) is 96.5 Å². The van der Waals surface area contributed by atoms with E-state index < -0.39 is 23.3 Å². The molecule has 0 saturated carbocycles. The van der Waals surface area contributed by atoms with Crippen molar-refractivity contribution in [1.82, 2.24) is 0 Å². The molecule has 1 heterocycles. The van der Waals surface area contributed by atoms with Gasteiger partial charge >= 0.3 is 0 Å². The average molecular weight is 567 g/mol. The molecule has 2 unspecified atom stereocenters. The Morgan fingerprint density at radius 2 is 1.27 bits per heavy atom. The van der Waals surface area contributed by atoms with E-state index in [9.17, 15) is 4.39 Å². The maximum atomic E-state index is 15.2. The van der Waals surface area contributed by atoms with Crippen LogP contribution in [0.25, 0.3) is 22.3 Å². The summed E-state index contributed by atoms with van der Waals surface area (Å²) in [6, 6.07) is 12.9. The van der Waals surface area contributed by atoms with E-state index >= 15 is 13.2 Å². The lowest BCUT2D eigenvalue weighted by atomic mass is 9.89. The van der Waals surface area contributed by atoms with Crippen LogP contribution < -0.4 is 0 Å². The van der Waals surface area contributed by atoms with Crippen LogP contribution in [0.2, 0.25) is 0 Å². The summed E-state index contributed by atoms with van der Waals surface area (Å²) in [5.41, 5.74) is 1.96. The van der Waals surface area contributed by atoms with Gasteiger partial charge in [-0.25, -0.2) is 17.6 Å². The van der Waals surface area contributed by atoms with E-state index in [1.807, 2.05) is 19.1 Å². The Kier molecular flexibility index (Phi) is 11.6. The van der Waals surface area contributed by atoms with E-state index in [0.29, 0.717) is 35.3 Å². The second kappa shape index (κ2) is 15.3. The molecule has 3 aromatic carbocycles. The Hall–Kier alpha value is -2.92. The molecule has 4 rings (SSSR count). The number of allylic oxidation sites excluding steroid dienone is 1. The molecule has 3 aromatic rings. The van der Waals surface area contributed by atoms with Gasteiger partial charge in [0.2, 0.25) is 0 Å². The fourth-order valence-corrected chi connectivity index (χ4v) is 5.77. The third kappa shape index (κ3) is 7.88. The molecule has 0 N–H and O–H groups in total. The van der Waals surface area contributed by atoms with Crippen LogP contribution in [0.3, 0.4) is 0 Å². The van der Waals surface area contributed by atoms with Gasteiger partial charge in [0, 0.05) is 17.0 Å². The summed E-state index contributed by atoms with van der Waals surface area (Å²) in [6.07, 6.45) is 15.1. The quantitative estimate of drug-likeness (QED) is 0.114. The third-order valence-corrected chi connectivity index (χ3v) is 8.24. The summed E-state index contributed by atoms with van der Waals surface area (Å²) in [4.78, 5) is 0. The van der Waals surface area contributed by atoms with Crippen LogP contribution in [0.15, 0.2) is 60.7 Å². The first-order valence-electron chi connectivity index (χ1n) is 15.2. The number of benzene rings is 3. The van der Waals surface area contributed by atoms with E-state index in [1.165, 1.54) is 32.1 Å². The molecule has 0 aliphatic carbocycles. The van der Waals surface area contributed by atoms with Gasteiger partial charge in [-0.2, -0.15) is 0 Å². The predicted octanol–water partition coefficient (Wildman–Crippen LogP) is 11.1. The van der Waals surface area contributed by atoms with Gasteiger partial charge < -0.3 is 4.74 Å². The maximum absolute atomic E-state index is 15.2. The number of unbranched alkanes of at least 4 members (excludes halogenated alkanes) is 7. The van der Waals surface area contributed by atoms with Crippen LogP contribution in [-0.2, 0) is 11.2 Å². The molecular formula is C36H42F4O. The van der Waals surface area contributed by atoms with Crippen molar-refractivity contribution in [2.75, 3.05) is 6.61 Å². The second-order valence-corrected chi connectivity index (χ2v) is 11.2. The van der Waals surface area contributed by atoms with Crippen LogP contribution in [0, 0.1) is 23.3 Å². The van der Waals surface area contributed by atoms with Gasteiger partial charge in [-0.15, -0.1) is 0 Å². The highest BCUT2D eigenvalue weighted by atomic mass is 19.2. The zero-order chi connectivity index (χ0) is 29.2. The Labute approximate surface area is 242 Å². The first-order valence-corrected chi connectivity index (χ1v) is 15.2. The summed E-state index contributed by atoms with van der Waals surface area (Å²) in [6.45, 7) is 4.48. The normalized spacial score (nSPS) is 17.4. The van der Waals surface area contributed by atoms with E-state index in [4.69, 9.17) is 4.74 Å². The fraction of sp³-hybridized carbons (Fsp3) is 0.444. The molecule has 1 saturated heterocycles. The molecule has 1 aliphatic rings. The van der Waals surface area contributed by atoms with Gasteiger partial charge in [-0.05, 0) is 54.9 Å². The predicted molar refractivity (Wildman–Crippen MR) is 160 cm³/mol. The first kappa shape index (κ1) is 31.0. The zero-order valence-electron chi connectivity index (χ0n) is 24.3. The maximum Gasteiger partial charge on any atom is 0.166 e. The SMILES string of the molecule is CC=CC1CCC(c2ccc(-c3ccc(-c4ccc(CCCCCCCCCC)c(F)c4F)cc3)c(F)c2F)CO1. The third-order valence-electron chi connectivity index (χ3n) is 8.24. The van der Waals surface area contributed by atoms with Crippen LogP contribution in [0.1, 0.15) is 95.1 Å². The summed E-state index contributed by atoms with van der Waals surface area (Å²) in [7, 11) is 0. The highest BCUT2D eigenvalue weighted by Gasteiger charge is 2.26. The van der Waals surface area contributed by atoms with E-state index in [-0.39, 0.29) is 23.1 Å². The minimum atomic E-state index is -0.909. The number of aryl methyl sites for hydroxylation is 1. The smallest absolute Gasteiger partial charge is 0.166 e. The second-order valence-electron chi connectivity index (χ2n) is 11.2. The molecule has 220 valence electrons. The van der Waals surface area contributed by atoms with Gasteiger partial charge in [0.05, 0.1) is 12.7 Å². The summed E-state index contributed by atoms with van der Waals surface area (Å²) in [5.74, 6) is -3.64. The molecule has 0 amide bonds. The zero-order valence-corrected chi connectivity index (χ0v) is 24.3. The molecule has 0 bridgehead atoms. The fourth-order valence-electron chi connectivity index (χ4n) is 5.77. The van der Waals surface area contributed by atoms with Crippen molar-refractivity contribution in [3.63, 3.8) is 0 Å². The van der Waals surface area contributed by atoms with E-state index in [0.717, 1.165) is 32.1 Å². The van der Waals surface area contributed by atoms with Crippen LogP contribution >= 0.6 is 0 Å². The van der Waals surface area contributed by atoms with Crippen molar-refractivity contribution < 1.29 is 22.3 Å². The molecule has 0 aromatic heterocycles. The monoisotopic (exact) mass is 566 g/mol. The molecule has 1 fully saturated rings. The number of hydrogen-bond acceptors (Lipinski definition) is 1. The first-order chi connectivity index (χ1) is 19.9. The topological polar surface area (TPSA) is 9.23 Å². The molecule has 0 radical (unpaired) electrons. The molecule has 41 heavy (non-hydrogen) atoms. The largest absolute Gasteiger partial charge is 0.374 e. The van der Waals surface area contributed by atoms with Crippen LogP contribution in [0.5, 0.6) is 0 Å². The molecule has 0 spiro atoms. The van der Waals surface area contributed by atoms with Crippen molar-refractivity contribution in [3.05, 3.63) is 95.1 Å². The highest BCUT2D eigenvalue weighted by Crippen LogP contribution is 2.35. The van der Waals surface area contributed by atoms with E-state index in [1.54, 1.807) is 48.5 Å². The van der Waals surface area contributed by atoms with Crippen molar-refractivity contribution in [1.29, 1.82) is 0 Å². The van der Waals surface area contributed by atoms with Crippen molar-refractivity contribution in [2.24, 2.45) is 0 Å². The summed E-state index contributed by atoms with van der Waals surface area (Å²) >= 11 is 0. The van der Waals surface area contributed by atoms with Gasteiger partial charge in [-0.3, -0.25) is 0 Å².